The summed E-state index contributed by atoms with van der Waals surface area (Å²) in [7, 11) is 3.69. The number of nitrogens with one attached hydrogen (secondary N) is 2. The second kappa shape index (κ2) is 10.2. The zero-order valence-corrected chi connectivity index (χ0v) is 16.9. The molecule has 1 aromatic heterocycles. The first-order valence-corrected chi connectivity index (χ1v) is 7.75. The van der Waals surface area contributed by atoms with Crippen molar-refractivity contribution < 1.29 is 4.74 Å². The van der Waals surface area contributed by atoms with Crippen molar-refractivity contribution in [2.45, 2.75) is 33.0 Å². The molecule has 0 saturated heterocycles. The molecular formula is C17H26IN5O. The van der Waals surface area contributed by atoms with E-state index in [4.69, 9.17) is 4.74 Å². The molecule has 1 aromatic carbocycles. The molecule has 6 nitrogen and oxygen atoms in total. The minimum absolute atomic E-state index is 0. The third-order valence-electron chi connectivity index (χ3n) is 3.34. The molecule has 0 aliphatic rings. The lowest BCUT2D eigenvalue weighted by Gasteiger charge is -2.13. The van der Waals surface area contributed by atoms with Crippen LogP contribution in [-0.4, -0.2) is 28.9 Å². The minimum Gasteiger partial charge on any atom is -0.491 e. The van der Waals surface area contributed by atoms with Crippen molar-refractivity contribution in [2.24, 2.45) is 12.0 Å². The summed E-state index contributed by atoms with van der Waals surface area (Å²) in [6.07, 6.45) is 1.97. The Balaban J connectivity index is 0.00000288. The Morgan fingerprint density at radius 1 is 1.17 bits per heavy atom. The molecule has 7 heteroatoms. The molecule has 2 aromatic rings. The highest BCUT2D eigenvalue weighted by Gasteiger charge is 2.02. The molecule has 0 atom stereocenters. The van der Waals surface area contributed by atoms with E-state index < -0.39 is 0 Å². The van der Waals surface area contributed by atoms with Crippen LogP contribution in [0.25, 0.3) is 0 Å². The first-order chi connectivity index (χ1) is 11.1. The SMILES string of the molecule is CN=C(NCc1ccc(OC(C)C)cc1)NCc1ccnn1C.I. The second-order valence-corrected chi connectivity index (χ2v) is 5.54. The maximum atomic E-state index is 5.64. The largest absolute Gasteiger partial charge is 0.491 e. The Labute approximate surface area is 160 Å². The highest BCUT2D eigenvalue weighted by Crippen LogP contribution is 2.13. The number of hydrogen-bond donors (Lipinski definition) is 2. The molecule has 132 valence electrons. The second-order valence-electron chi connectivity index (χ2n) is 5.54. The van der Waals surface area contributed by atoms with E-state index in [1.54, 1.807) is 13.2 Å². The predicted molar refractivity (Wildman–Crippen MR) is 108 cm³/mol. The lowest BCUT2D eigenvalue weighted by molar-refractivity contribution is 0.242. The number of benzene rings is 1. The van der Waals surface area contributed by atoms with E-state index in [2.05, 4.69) is 32.9 Å². The van der Waals surface area contributed by atoms with Crippen LogP contribution in [0.15, 0.2) is 41.5 Å². The first kappa shape index (κ1) is 20.3. The van der Waals surface area contributed by atoms with E-state index >= 15 is 0 Å². The summed E-state index contributed by atoms with van der Waals surface area (Å²) >= 11 is 0. The van der Waals surface area contributed by atoms with E-state index in [-0.39, 0.29) is 30.1 Å². The molecule has 0 radical (unpaired) electrons. The van der Waals surface area contributed by atoms with Crippen LogP contribution < -0.4 is 15.4 Å². The maximum absolute atomic E-state index is 5.64. The number of guanidine groups is 1. The van der Waals surface area contributed by atoms with Gasteiger partial charge in [-0.3, -0.25) is 9.67 Å². The number of hydrogen-bond acceptors (Lipinski definition) is 3. The highest BCUT2D eigenvalue weighted by molar-refractivity contribution is 14.0. The molecule has 1 heterocycles. The normalized spacial score (nSPS) is 11.1. The number of halogens is 1. The number of aryl methyl sites for hydroxylation is 1. The number of aliphatic imine (C=N–C) groups is 1. The lowest BCUT2D eigenvalue weighted by Crippen LogP contribution is -2.36. The summed E-state index contributed by atoms with van der Waals surface area (Å²) in [6.45, 7) is 5.42. The Morgan fingerprint density at radius 2 is 1.83 bits per heavy atom. The Bertz CT molecular complexity index is 637. The van der Waals surface area contributed by atoms with Crippen molar-refractivity contribution in [3.63, 3.8) is 0 Å². The number of nitrogens with zero attached hydrogens (tertiary/aromatic N) is 3. The van der Waals surface area contributed by atoms with Gasteiger partial charge in [-0.2, -0.15) is 5.10 Å². The minimum atomic E-state index is 0. The quantitative estimate of drug-likeness (QED) is 0.410. The zero-order chi connectivity index (χ0) is 16.7. The molecule has 0 fully saturated rings. The first-order valence-electron chi connectivity index (χ1n) is 7.75. The third-order valence-corrected chi connectivity index (χ3v) is 3.34. The topological polar surface area (TPSA) is 63.5 Å². The molecule has 0 aliphatic heterocycles. The van der Waals surface area contributed by atoms with E-state index in [1.165, 1.54) is 5.56 Å². The summed E-state index contributed by atoms with van der Waals surface area (Å²) in [5.74, 6) is 1.65. The fraction of sp³-hybridized carbons (Fsp3) is 0.412. The number of ether oxygens (including phenoxy) is 1. The molecule has 0 aliphatic carbocycles. The van der Waals surface area contributed by atoms with Gasteiger partial charge in [-0.15, -0.1) is 24.0 Å². The van der Waals surface area contributed by atoms with Crippen LogP contribution in [0.3, 0.4) is 0 Å². The van der Waals surface area contributed by atoms with Gasteiger partial charge in [-0.25, -0.2) is 0 Å². The van der Waals surface area contributed by atoms with Gasteiger partial charge in [0.25, 0.3) is 0 Å². The van der Waals surface area contributed by atoms with Crippen molar-refractivity contribution >= 4 is 29.9 Å². The van der Waals surface area contributed by atoms with Crippen LogP contribution in [0.5, 0.6) is 5.75 Å². The van der Waals surface area contributed by atoms with Crippen LogP contribution in [0.1, 0.15) is 25.1 Å². The van der Waals surface area contributed by atoms with Gasteiger partial charge in [0.1, 0.15) is 5.75 Å². The molecule has 2 rings (SSSR count). The van der Waals surface area contributed by atoms with Crippen LogP contribution in [0, 0.1) is 0 Å². The Kier molecular flexibility index (Phi) is 8.59. The molecule has 0 spiro atoms. The van der Waals surface area contributed by atoms with Crippen LogP contribution >= 0.6 is 24.0 Å². The summed E-state index contributed by atoms with van der Waals surface area (Å²) in [4.78, 5) is 4.23. The van der Waals surface area contributed by atoms with Crippen molar-refractivity contribution in [3.8, 4) is 5.75 Å². The molecule has 0 unspecified atom stereocenters. The van der Waals surface area contributed by atoms with E-state index in [0.717, 1.165) is 17.4 Å². The van der Waals surface area contributed by atoms with E-state index in [1.807, 2.05) is 43.8 Å². The molecular weight excluding hydrogens is 417 g/mol. The zero-order valence-electron chi connectivity index (χ0n) is 14.6. The van der Waals surface area contributed by atoms with E-state index in [0.29, 0.717) is 13.1 Å². The van der Waals surface area contributed by atoms with Crippen molar-refractivity contribution in [3.05, 3.63) is 47.8 Å². The van der Waals surface area contributed by atoms with Gasteiger partial charge in [0.2, 0.25) is 0 Å². The van der Waals surface area contributed by atoms with Gasteiger partial charge in [0.05, 0.1) is 18.3 Å². The fourth-order valence-electron chi connectivity index (χ4n) is 2.11. The highest BCUT2D eigenvalue weighted by atomic mass is 127. The third kappa shape index (κ3) is 6.38. The molecule has 0 saturated carbocycles. The van der Waals surface area contributed by atoms with Gasteiger partial charge in [0, 0.05) is 26.8 Å². The van der Waals surface area contributed by atoms with Crippen molar-refractivity contribution in [1.29, 1.82) is 0 Å². The Hall–Kier alpha value is -1.77. The molecule has 0 amide bonds. The van der Waals surface area contributed by atoms with Gasteiger partial charge < -0.3 is 15.4 Å². The average Bonchev–Trinajstić information content (AvgIpc) is 2.94. The van der Waals surface area contributed by atoms with Crippen LogP contribution in [0.2, 0.25) is 0 Å². The molecule has 24 heavy (non-hydrogen) atoms. The fourth-order valence-corrected chi connectivity index (χ4v) is 2.11. The van der Waals surface area contributed by atoms with E-state index in [9.17, 15) is 0 Å². The van der Waals surface area contributed by atoms with Gasteiger partial charge >= 0.3 is 0 Å². The smallest absolute Gasteiger partial charge is 0.191 e. The summed E-state index contributed by atoms with van der Waals surface area (Å²) in [5.41, 5.74) is 2.27. The lowest BCUT2D eigenvalue weighted by atomic mass is 10.2. The molecule has 2 N–H and O–H groups in total. The van der Waals surface area contributed by atoms with Crippen molar-refractivity contribution in [1.82, 2.24) is 20.4 Å². The summed E-state index contributed by atoms with van der Waals surface area (Å²) in [6, 6.07) is 10.1. The number of aromatic nitrogens is 2. The summed E-state index contributed by atoms with van der Waals surface area (Å²) in [5, 5.41) is 10.7. The van der Waals surface area contributed by atoms with Crippen LogP contribution in [0.4, 0.5) is 0 Å². The number of rotatable bonds is 6. The average molecular weight is 443 g/mol. The molecule has 0 bridgehead atoms. The van der Waals surface area contributed by atoms with Crippen LogP contribution in [-0.2, 0) is 20.1 Å². The summed E-state index contributed by atoms with van der Waals surface area (Å²) < 4.78 is 7.48. The standard InChI is InChI=1S/C17H25N5O.HI/c1-13(2)23-16-7-5-14(6-8-16)11-19-17(18-3)20-12-15-9-10-21-22(15)4;/h5-10,13H,11-12H2,1-4H3,(H2,18,19,20);1H. The predicted octanol–water partition coefficient (Wildman–Crippen LogP) is 2.69. The van der Waals surface area contributed by atoms with Gasteiger partial charge in [-0.1, -0.05) is 12.1 Å². The van der Waals surface area contributed by atoms with Gasteiger partial charge in [-0.05, 0) is 37.6 Å². The van der Waals surface area contributed by atoms with Gasteiger partial charge in [0.15, 0.2) is 5.96 Å². The van der Waals surface area contributed by atoms with Crippen molar-refractivity contribution in [2.75, 3.05) is 7.05 Å². The maximum Gasteiger partial charge on any atom is 0.191 e. The Morgan fingerprint density at radius 3 is 2.38 bits per heavy atom. The monoisotopic (exact) mass is 443 g/mol.